The summed E-state index contributed by atoms with van der Waals surface area (Å²) in [5.74, 6) is 1.79. The van der Waals surface area contributed by atoms with Crippen molar-refractivity contribution in [1.29, 1.82) is 0 Å². The smallest absolute Gasteiger partial charge is 0.124 e. The number of ether oxygens (including phenoxy) is 2. The fourth-order valence-corrected chi connectivity index (χ4v) is 3.74. The van der Waals surface area contributed by atoms with Gasteiger partial charge in [-0.25, -0.2) is 0 Å². The maximum Gasteiger partial charge on any atom is 0.124 e. The van der Waals surface area contributed by atoms with Crippen LogP contribution in [0.5, 0.6) is 11.5 Å². The van der Waals surface area contributed by atoms with E-state index in [2.05, 4.69) is 53.8 Å². The highest BCUT2D eigenvalue weighted by atomic mass is 35.5. The summed E-state index contributed by atoms with van der Waals surface area (Å²) in [4.78, 5) is 0. The molecule has 4 rings (SSSR count). The average molecular weight is 432 g/mol. The first kappa shape index (κ1) is 21.2. The van der Waals surface area contributed by atoms with E-state index in [1.807, 2.05) is 36.4 Å². The molecule has 0 fully saturated rings. The summed E-state index contributed by atoms with van der Waals surface area (Å²) < 4.78 is 11.4. The molecule has 4 aromatic carbocycles. The topological polar surface area (TPSA) is 30.5 Å². The molecular formula is C27H26ClNO2. The van der Waals surface area contributed by atoms with Crippen LogP contribution in [0.4, 0.5) is 0 Å². The summed E-state index contributed by atoms with van der Waals surface area (Å²) in [6.45, 7) is 2.13. The van der Waals surface area contributed by atoms with Crippen LogP contribution in [0, 0.1) is 0 Å². The van der Waals surface area contributed by atoms with Crippen LogP contribution in [0.15, 0.2) is 84.9 Å². The highest BCUT2D eigenvalue weighted by Gasteiger charge is 2.09. The van der Waals surface area contributed by atoms with E-state index in [4.69, 9.17) is 21.1 Å². The lowest BCUT2D eigenvalue weighted by atomic mass is 10.0. The summed E-state index contributed by atoms with van der Waals surface area (Å²) in [7, 11) is 1.69. The van der Waals surface area contributed by atoms with E-state index in [-0.39, 0.29) is 0 Å². The molecule has 0 bridgehead atoms. The zero-order valence-corrected chi connectivity index (χ0v) is 18.4. The molecule has 0 aromatic heterocycles. The van der Waals surface area contributed by atoms with Gasteiger partial charge in [0.15, 0.2) is 0 Å². The third-order valence-corrected chi connectivity index (χ3v) is 5.61. The molecule has 158 valence electrons. The third-order valence-electron chi connectivity index (χ3n) is 5.36. The predicted molar refractivity (Wildman–Crippen MR) is 128 cm³/mol. The molecule has 0 spiro atoms. The number of benzene rings is 4. The summed E-state index contributed by atoms with van der Waals surface area (Å²) in [5, 5.41) is 6.75. The lowest BCUT2D eigenvalue weighted by Crippen LogP contribution is -2.17. The van der Waals surface area contributed by atoms with Gasteiger partial charge in [0.25, 0.3) is 0 Å². The van der Waals surface area contributed by atoms with Gasteiger partial charge in [0.05, 0.1) is 7.11 Å². The lowest BCUT2D eigenvalue weighted by molar-refractivity contribution is 0.303. The number of fused-ring (bicyclic) bond motifs is 1. The van der Waals surface area contributed by atoms with Crippen molar-refractivity contribution in [2.75, 3.05) is 13.7 Å². The van der Waals surface area contributed by atoms with Crippen molar-refractivity contribution in [3.8, 4) is 11.5 Å². The van der Waals surface area contributed by atoms with Gasteiger partial charge in [-0.1, -0.05) is 66.2 Å². The number of methoxy groups -OCH3 is 1. The fraction of sp³-hybridized carbons (Fsp3) is 0.185. The van der Waals surface area contributed by atoms with Crippen molar-refractivity contribution in [2.45, 2.75) is 19.6 Å². The normalized spacial score (nSPS) is 10.9. The lowest BCUT2D eigenvalue weighted by Gasteiger charge is -2.15. The highest BCUT2D eigenvalue weighted by Crippen LogP contribution is 2.29. The minimum Gasteiger partial charge on any atom is -0.497 e. The maximum atomic E-state index is 6.22. The monoisotopic (exact) mass is 431 g/mol. The van der Waals surface area contributed by atoms with E-state index in [0.29, 0.717) is 6.61 Å². The largest absolute Gasteiger partial charge is 0.497 e. The van der Waals surface area contributed by atoms with Crippen LogP contribution >= 0.6 is 11.6 Å². The molecule has 0 amide bonds. The molecule has 31 heavy (non-hydrogen) atoms. The van der Waals surface area contributed by atoms with E-state index < -0.39 is 0 Å². The van der Waals surface area contributed by atoms with Crippen LogP contribution < -0.4 is 14.8 Å². The zero-order chi connectivity index (χ0) is 21.5. The molecule has 1 N–H and O–H groups in total. The Morgan fingerprint density at radius 2 is 1.55 bits per heavy atom. The number of nitrogens with one attached hydrogen (secondary N) is 1. The van der Waals surface area contributed by atoms with Crippen molar-refractivity contribution < 1.29 is 9.47 Å². The van der Waals surface area contributed by atoms with Crippen LogP contribution in [0.2, 0.25) is 5.02 Å². The van der Waals surface area contributed by atoms with Gasteiger partial charge in [-0.15, -0.1) is 0 Å². The van der Waals surface area contributed by atoms with E-state index in [1.54, 1.807) is 7.11 Å². The second-order valence-corrected chi connectivity index (χ2v) is 7.89. The van der Waals surface area contributed by atoms with Gasteiger partial charge in [0.1, 0.15) is 18.1 Å². The number of halogens is 1. The molecular weight excluding hydrogens is 406 g/mol. The molecule has 3 nitrogen and oxygen atoms in total. The Morgan fingerprint density at radius 1 is 0.806 bits per heavy atom. The van der Waals surface area contributed by atoms with Crippen molar-refractivity contribution in [3.05, 3.63) is 107 Å². The van der Waals surface area contributed by atoms with Crippen LogP contribution in [0.3, 0.4) is 0 Å². The van der Waals surface area contributed by atoms with E-state index in [1.165, 1.54) is 21.9 Å². The van der Waals surface area contributed by atoms with Gasteiger partial charge < -0.3 is 14.8 Å². The summed E-state index contributed by atoms with van der Waals surface area (Å²) >= 11 is 5.99. The van der Waals surface area contributed by atoms with Crippen LogP contribution in [-0.4, -0.2) is 13.7 Å². The second kappa shape index (κ2) is 10.3. The Bertz CT molecular complexity index is 1120. The van der Waals surface area contributed by atoms with Crippen molar-refractivity contribution >= 4 is 22.4 Å². The Labute approximate surface area is 188 Å². The van der Waals surface area contributed by atoms with E-state index >= 15 is 0 Å². The zero-order valence-electron chi connectivity index (χ0n) is 17.6. The van der Waals surface area contributed by atoms with Gasteiger partial charge in [-0.05, 0) is 65.2 Å². The SMILES string of the molecule is COc1ccc(CCNCc2c(OCc3ccc(Cl)cc3)ccc3ccccc23)cc1. The summed E-state index contributed by atoms with van der Waals surface area (Å²) in [6, 6.07) is 28.6. The highest BCUT2D eigenvalue weighted by molar-refractivity contribution is 6.30. The Balaban J connectivity index is 1.45. The molecule has 0 unspecified atom stereocenters. The van der Waals surface area contributed by atoms with Crippen molar-refractivity contribution in [1.82, 2.24) is 5.32 Å². The van der Waals surface area contributed by atoms with Crippen LogP contribution in [-0.2, 0) is 19.6 Å². The molecule has 0 saturated heterocycles. The molecule has 0 heterocycles. The number of hydrogen-bond acceptors (Lipinski definition) is 3. The minimum absolute atomic E-state index is 0.508. The van der Waals surface area contributed by atoms with Gasteiger partial charge >= 0.3 is 0 Å². The van der Waals surface area contributed by atoms with Crippen molar-refractivity contribution in [2.24, 2.45) is 0 Å². The van der Waals surface area contributed by atoms with Gasteiger partial charge in [-0.2, -0.15) is 0 Å². The number of hydrogen-bond donors (Lipinski definition) is 1. The summed E-state index contributed by atoms with van der Waals surface area (Å²) in [5.41, 5.74) is 3.56. The Kier molecular flexibility index (Phi) is 7.08. The third kappa shape index (κ3) is 5.57. The quantitative estimate of drug-likeness (QED) is 0.310. The van der Waals surface area contributed by atoms with E-state index in [9.17, 15) is 0 Å². The maximum absolute atomic E-state index is 6.22. The van der Waals surface area contributed by atoms with E-state index in [0.717, 1.165) is 41.6 Å². The number of rotatable bonds is 9. The molecule has 0 radical (unpaired) electrons. The Hall–Kier alpha value is -3.01. The molecule has 0 aliphatic heterocycles. The molecule has 0 aliphatic carbocycles. The molecule has 0 saturated carbocycles. The van der Waals surface area contributed by atoms with Gasteiger partial charge in [-0.3, -0.25) is 0 Å². The minimum atomic E-state index is 0.508. The second-order valence-electron chi connectivity index (χ2n) is 7.45. The summed E-state index contributed by atoms with van der Waals surface area (Å²) in [6.07, 6.45) is 0.954. The van der Waals surface area contributed by atoms with Gasteiger partial charge in [0.2, 0.25) is 0 Å². The standard InChI is InChI=1S/C27H26ClNO2/c1-30-24-13-8-20(9-14-24)16-17-29-18-26-25-5-3-2-4-22(25)10-15-27(26)31-19-21-6-11-23(28)12-7-21/h2-15,29H,16-19H2,1H3. The van der Waals surface area contributed by atoms with Crippen molar-refractivity contribution in [3.63, 3.8) is 0 Å². The fourth-order valence-electron chi connectivity index (χ4n) is 3.61. The first-order chi connectivity index (χ1) is 15.2. The first-order valence-electron chi connectivity index (χ1n) is 10.4. The molecule has 4 heteroatoms. The average Bonchev–Trinajstić information content (AvgIpc) is 2.82. The molecule has 0 atom stereocenters. The van der Waals surface area contributed by atoms with Crippen LogP contribution in [0.25, 0.3) is 10.8 Å². The Morgan fingerprint density at radius 3 is 2.32 bits per heavy atom. The molecule has 0 aliphatic rings. The predicted octanol–water partition coefficient (Wildman–Crippen LogP) is 6.41. The van der Waals surface area contributed by atoms with Crippen LogP contribution in [0.1, 0.15) is 16.7 Å². The first-order valence-corrected chi connectivity index (χ1v) is 10.8. The molecule has 4 aromatic rings. The van der Waals surface area contributed by atoms with Gasteiger partial charge in [0, 0.05) is 17.1 Å².